The van der Waals surface area contributed by atoms with Gasteiger partial charge in [0, 0.05) is 70.6 Å². The summed E-state index contributed by atoms with van der Waals surface area (Å²) < 4.78 is 41.2. The molecule has 1 amide bonds. The van der Waals surface area contributed by atoms with Crippen molar-refractivity contribution in [3.63, 3.8) is 0 Å². The number of aromatic nitrogens is 1. The highest BCUT2D eigenvalue weighted by Gasteiger charge is 2.33. The molecule has 4 rings (SSSR count). The van der Waals surface area contributed by atoms with Gasteiger partial charge >= 0.3 is 0 Å². The molecule has 3 heterocycles. The van der Waals surface area contributed by atoms with E-state index in [1.165, 1.54) is 0 Å². The average Bonchev–Trinajstić information content (AvgIpc) is 2.81. The van der Waals surface area contributed by atoms with E-state index in [1.807, 2.05) is 4.90 Å². The van der Waals surface area contributed by atoms with Gasteiger partial charge in [0.25, 0.3) is 5.91 Å². The minimum atomic E-state index is -0.899. The van der Waals surface area contributed by atoms with E-state index in [0.29, 0.717) is 22.4 Å². The number of likely N-dealkylation sites (tertiary alicyclic amines) is 1. The maximum atomic E-state index is 14.0. The Morgan fingerprint density at radius 3 is 2.41 bits per heavy atom. The molecule has 2 fully saturated rings. The zero-order valence-corrected chi connectivity index (χ0v) is 20.1. The number of nitrogens with zero attached hydrogens (tertiary/aromatic N) is 4. The summed E-state index contributed by atoms with van der Waals surface area (Å²) in [5.74, 6) is -2.11. The molecule has 186 valence electrons. The number of hydrogen-bond donors (Lipinski definition) is 1. The summed E-state index contributed by atoms with van der Waals surface area (Å²) in [5, 5.41) is 3.02. The standard InChI is InChI=1S/C24H29ClF3N5O.H2/c1-15-13-32(23-20(25)9-16(12-30-23)24(34)29-2)7-8-33(15)18-3-5-31(6-4-18)14-19-21(27)10-17(26)11-22(19)28;/h9-12,15,18H,3-8,13-14H2,1-2H3,(H,29,34);1H/t15-;/m0./s1. The number of halogens is 4. The predicted molar refractivity (Wildman–Crippen MR) is 128 cm³/mol. The van der Waals surface area contributed by atoms with E-state index in [4.69, 9.17) is 11.6 Å². The van der Waals surface area contributed by atoms with Crippen molar-refractivity contribution in [3.8, 4) is 0 Å². The van der Waals surface area contributed by atoms with Crippen LogP contribution in [0.15, 0.2) is 24.4 Å². The number of amides is 1. The second-order valence-corrected chi connectivity index (χ2v) is 9.40. The van der Waals surface area contributed by atoms with Gasteiger partial charge in [-0.25, -0.2) is 18.2 Å². The highest BCUT2D eigenvalue weighted by molar-refractivity contribution is 6.33. The van der Waals surface area contributed by atoms with Gasteiger partial charge in [-0.2, -0.15) is 0 Å². The molecule has 2 aliphatic heterocycles. The van der Waals surface area contributed by atoms with Crippen molar-refractivity contribution in [2.75, 3.05) is 44.7 Å². The van der Waals surface area contributed by atoms with E-state index in [-0.39, 0.29) is 25.5 Å². The molecule has 0 radical (unpaired) electrons. The lowest BCUT2D eigenvalue weighted by Crippen LogP contribution is -2.57. The third-order valence-electron chi connectivity index (χ3n) is 6.80. The Morgan fingerprint density at radius 1 is 1.15 bits per heavy atom. The van der Waals surface area contributed by atoms with E-state index in [1.54, 1.807) is 19.3 Å². The Kier molecular flexibility index (Phi) is 7.64. The van der Waals surface area contributed by atoms with Crippen LogP contribution in [-0.2, 0) is 6.54 Å². The number of piperidine rings is 1. The van der Waals surface area contributed by atoms with Crippen LogP contribution in [0.2, 0.25) is 5.02 Å². The van der Waals surface area contributed by atoms with Crippen molar-refractivity contribution in [1.29, 1.82) is 0 Å². The first-order chi connectivity index (χ1) is 16.3. The molecule has 1 atom stereocenters. The molecule has 0 bridgehead atoms. The van der Waals surface area contributed by atoms with Gasteiger partial charge in [-0.15, -0.1) is 0 Å². The molecular formula is C24H31ClF3N5O. The van der Waals surface area contributed by atoms with Gasteiger partial charge in [-0.05, 0) is 38.9 Å². The fourth-order valence-corrected chi connectivity index (χ4v) is 5.28. The summed E-state index contributed by atoms with van der Waals surface area (Å²) >= 11 is 6.43. The zero-order valence-electron chi connectivity index (χ0n) is 19.3. The summed E-state index contributed by atoms with van der Waals surface area (Å²) in [6.45, 7) is 6.15. The van der Waals surface area contributed by atoms with Crippen LogP contribution in [-0.4, -0.2) is 72.5 Å². The molecule has 2 aromatic rings. The van der Waals surface area contributed by atoms with E-state index in [2.05, 4.69) is 27.0 Å². The Balaban J connectivity index is 0.00000342. The molecule has 34 heavy (non-hydrogen) atoms. The van der Waals surface area contributed by atoms with Crippen LogP contribution in [0.1, 0.15) is 37.1 Å². The molecule has 1 aromatic carbocycles. The maximum absolute atomic E-state index is 14.0. The lowest BCUT2D eigenvalue weighted by Gasteiger charge is -2.47. The molecule has 0 aliphatic carbocycles. The number of pyridine rings is 1. The Bertz CT molecular complexity index is 1030. The van der Waals surface area contributed by atoms with E-state index in [0.717, 1.165) is 57.7 Å². The van der Waals surface area contributed by atoms with Crippen LogP contribution in [0.5, 0.6) is 0 Å². The fraction of sp³-hybridized carbons (Fsp3) is 0.500. The van der Waals surface area contributed by atoms with Crippen LogP contribution < -0.4 is 10.2 Å². The van der Waals surface area contributed by atoms with Crippen LogP contribution in [0, 0.1) is 17.5 Å². The van der Waals surface area contributed by atoms with Gasteiger partial charge in [0.15, 0.2) is 0 Å². The lowest BCUT2D eigenvalue weighted by molar-refractivity contribution is 0.0683. The van der Waals surface area contributed by atoms with Crippen molar-refractivity contribution < 1.29 is 19.4 Å². The van der Waals surface area contributed by atoms with E-state index >= 15 is 0 Å². The second-order valence-electron chi connectivity index (χ2n) is 9.00. The molecule has 2 saturated heterocycles. The van der Waals surface area contributed by atoms with Gasteiger partial charge in [-0.3, -0.25) is 14.6 Å². The number of carbonyl (C=O) groups excluding carboxylic acids is 1. The monoisotopic (exact) mass is 497 g/mol. The smallest absolute Gasteiger partial charge is 0.252 e. The zero-order chi connectivity index (χ0) is 24.4. The van der Waals surface area contributed by atoms with Crippen molar-refractivity contribution in [2.45, 2.75) is 38.4 Å². The van der Waals surface area contributed by atoms with Crippen molar-refractivity contribution in [1.82, 2.24) is 20.1 Å². The molecule has 1 aromatic heterocycles. The molecular weight excluding hydrogens is 467 g/mol. The Morgan fingerprint density at radius 2 is 1.82 bits per heavy atom. The van der Waals surface area contributed by atoms with Crippen LogP contribution in [0.25, 0.3) is 0 Å². The van der Waals surface area contributed by atoms with E-state index in [9.17, 15) is 18.0 Å². The molecule has 0 saturated carbocycles. The van der Waals surface area contributed by atoms with Crippen LogP contribution >= 0.6 is 11.6 Å². The highest BCUT2D eigenvalue weighted by Crippen LogP contribution is 2.29. The molecule has 10 heteroatoms. The number of hydrogen-bond acceptors (Lipinski definition) is 5. The highest BCUT2D eigenvalue weighted by atomic mass is 35.5. The second kappa shape index (κ2) is 10.5. The lowest BCUT2D eigenvalue weighted by atomic mass is 9.99. The molecule has 0 unspecified atom stereocenters. The van der Waals surface area contributed by atoms with Gasteiger partial charge in [0.1, 0.15) is 23.3 Å². The summed E-state index contributed by atoms with van der Waals surface area (Å²) in [5.41, 5.74) is 0.351. The van der Waals surface area contributed by atoms with Gasteiger partial charge in [0.05, 0.1) is 10.6 Å². The van der Waals surface area contributed by atoms with Crippen molar-refractivity contribution in [2.24, 2.45) is 0 Å². The minimum absolute atomic E-state index is 0. The Hall–Kier alpha value is -2.36. The first-order valence-electron chi connectivity index (χ1n) is 11.5. The number of carbonyl (C=O) groups is 1. The van der Waals surface area contributed by atoms with Crippen molar-refractivity contribution >= 4 is 23.3 Å². The van der Waals surface area contributed by atoms with Gasteiger partial charge in [0.2, 0.25) is 0 Å². The number of benzene rings is 1. The molecule has 6 nitrogen and oxygen atoms in total. The number of anilines is 1. The first-order valence-corrected chi connectivity index (χ1v) is 11.9. The maximum Gasteiger partial charge on any atom is 0.252 e. The Labute approximate surface area is 204 Å². The van der Waals surface area contributed by atoms with Gasteiger partial charge in [-0.1, -0.05) is 11.6 Å². The van der Waals surface area contributed by atoms with Gasteiger partial charge < -0.3 is 10.2 Å². The quantitative estimate of drug-likeness (QED) is 0.678. The fourth-order valence-electron chi connectivity index (χ4n) is 4.99. The first kappa shape index (κ1) is 24.8. The average molecular weight is 498 g/mol. The van der Waals surface area contributed by atoms with Crippen LogP contribution in [0.3, 0.4) is 0 Å². The number of rotatable bonds is 5. The molecule has 1 N–H and O–H groups in total. The summed E-state index contributed by atoms with van der Waals surface area (Å²) in [4.78, 5) is 22.9. The number of piperazine rings is 1. The largest absolute Gasteiger partial charge is 0.355 e. The summed E-state index contributed by atoms with van der Waals surface area (Å²) in [7, 11) is 1.56. The van der Waals surface area contributed by atoms with Crippen LogP contribution in [0.4, 0.5) is 19.0 Å². The third-order valence-corrected chi connectivity index (χ3v) is 7.08. The molecule has 2 aliphatic rings. The molecule has 0 spiro atoms. The normalized spacial score (nSPS) is 20.5. The van der Waals surface area contributed by atoms with Crippen molar-refractivity contribution in [3.05, 3.63) is 58.0 Å². The summed E-state index contributed by atoms with van der Waals surface area (Å²) in [6.07, 6.45) is 3.34. The van der Waals surface area contributed by atoms with E-state index < -0.39 is 17.5 Å². The predicted octanol–water partition coefficient (Wildman–Crippen LogP) is 3.93. The minimum Gasteiger partial charge on any atom is -0.355 e. The summed E-state index contributed by atoms with van der Waals surface area (Å²) in [6, 6.07) is 3.77. The third kappa shape index (κ3) is 5.31. The number of nitrogens with one attached hydrogen (secondary N) is 1. The topological polar surface area (TPSA) is 51.7 Å². The SMILES string of the molecule is CNC(=O)c1cnc(N2CCN(C3CCN(Cc4c(F)cc(F)cc4F)CC3)[C@@H](C)C2)c(Cl)c1.[HH].